The van der Waals surface area contributed by atoms with E-state index < -0.39 is 0 Å². The van der Waals surface area contributed by atoms with Gasteiger partial charge >= 0.3 is 26.2 Å². The number of hydrogen-bond donors (Lipinski definition) is 0. The third-order valence-corrected chi connectivity index (χ3v) is 2.72. The van der Waals surface area contributed by atoms with E-state index in [0.717, 1.165) is 0 Å². The first-order chi connectivity index (χ1) is 6.47. The van der Waals surface area contributed by atoms with Gasteiger partial charge in [0.05, 0.1) is 0 Å². The molecule has 17 heavy (non-hydrogen) atoms. The third-order valence-electron chi connectivity index (χ3n) is 2.72. The summed E-state index contributed by atoms with van der Waals surface area (Å²) in [5, 5.41) is 2.73. The van der Waals surface area contributed by atoms with Crippen molar-refractivity contribution in [1.82, 2.24) is 0 Å². The van der Waals surface area contributed by atoms with Crippen molar-refractivity contribution in [3.8, 4) is 0 Å². The minimum absolute atomic E-state index is 0. The molecule has 0 saturated heterocycles. The average Bonchev–Trinajstić information content (AvgIpc) is 2.41. The maximum absolute atomic E-state index is 2.31. The van der Waals surface area contributed by atoms with E-state index in [-0.39, 0.29) is 46.5 Å². The van der Waals surface area contributed by atoms with Crippen molar-refractivity contribution in [3.05, 3.63) is 56.3 Å². The van der Waals surface area contributed by atoms with Crippen LogP contribution in [-0.2, 0) is 31.6 Å². The Morgan fingerprint density at radius 2 is 1.59 bits per heavy atom. The van der Waals surface area contributed by atoms with Gasteiger partial charge in [-0.05, 0) is 5.41 Å². The van der Waals surface area contributed by atoms with Crippen molar-refractivity contribution >= 4 is 10.8 Å². The summed E-state index contributed by atoms with van der Waals surface area (Å²) >= 11 is 0. The predicted octanol–water partition coefficient (Wildman–Crippen LogP) is 5.06. The molecule has 0 saturated carbocycles. The van der Waals surface area contributed by atoms with Crippen molar-refractivity contribution in [2.45, 2.75) is 33.1 Å². The minimum Gasteiger partial charge on any atom is -0.358 e. The van der Waals surface area contributed by atoms with Gasteiger partial charge < -0.3 is 14.9 Å². The Bertz CT molecular complexity index is 458. The molecule has 0 aromatic heterocycles. The predicted molar refractivity (Wildman–Crippen MR) is 75.8 cm³/mol. The first-order valence-corrected chi connectivity index (χ1v) is 5.14. The smallest absolute Gasteiger partial charge is 0.358 e. The van der Waals surface area contributed by atoms with Crippen LogP contribution < -0.4 is 0 Å². The van der Waals surface area contributed by atoms with Crippen LogP contribution in [0.2, 0.25) is 0 Å². The van der Waals surface area contributed by atoms with Gasteiger partial charge in [0.15, 0.2) is 0 Å². The molecule has 2 aromatic carbocycles. The second kappa shape index (κ2) is 6.59. The fourth-order valence-electron chi connectivity index (χ4n) is 1.83. The molecular weight excluding hydrogens is 283 g/mol. The molecule has 1 heteroatoms. The molecule has 0 bridgehead atoms. The van der Waals surface area contributed by atoms with Crippen LogP contribution in [0.25, 0.3) is 10.8 Å². The zero-order chi connectivity index (χ0) is 10.3. The molecule has 0 aliphatic carbocycles. The molecule has 2 rings (SSSR count). The van der Waals surface area contributed by atoms with Crippen LogP contribution in [0.4, 0.5) is 0 Å². The van der Waals surface area contributed by atoms with E-state index in [2.05, 4.69) is 58.0 Å². The number of aryl methyl sites for hydroxylation is 1. The summed E-state index contributed by atoms with van der Waals surface area (Å²) < 4.78 is 0. The summed E-state index contributed by atoms with van der Waals surface area (Å²) in [5.41, 5.74) is 3.01. The van der Waals surface area contributed by atoms with E-state index in [1.807, 2.05) is 0 Å². The molecule has 0 nitrogen and oxygen atoms in total. The third kappa shape index (κ3) is 4.14. The van der Waals surface area contributed by atoms with Crippen LogP contribution in [-0.4, -0.2) is 0 Å². The molecule has 0 fully saturated rings. The van der Waals surface area contributed by atoms with E-state index in [1.165, 1.54) is 21.9 Å². The van der Waals surface area contributed by atoms with E-state index in [0.29, 0.717) is 0 Å². The van der Waals surface area contributed by atoms with E-state index in [4.69, 9.17) is 0 Å². The largest absolute Gasteiger partial charge is 3.00 e. The van der Waals surface area contributed by atoms with Gasteiger partial charge in [-0.15, -0.1) is 40.6 Å². The molecule has 0 heterocycles. The Hall–Kier alpha value is -0.287. The fourth-order valence-corrected chi connectivity index (χ4v) is 1.83. The summed E-state index contributed by atoms with van der Waals surface area (Å²) in [6.07, 6.45) is 0. The quantitative estimate of drug-likeness (QED) is 0.597. The maximum Gasteiger partial charge on any atom is 3.00 e. The Balaban J connectivity index is 0. The van der Waals surface area contributed by atoms with Gasteiger partial charge in [0.1, 0.15) is 0 Å². The van der Waals surface area contributed by atoms with Crippen LogP contribution in [0.15, 0.2) is 30.3 Å². The van der Waals surface area contributed by atoms with Crippen LogP contribution >= 0.6 is 0 Å². The van der Waals surface area contributed by atoms with Gasteiger partial charge in [-0.1, -0.05) is 33.3 Å². The van der Waals surface area contributed by atoms with Crippen molar-refractivity contribution in [1.29, 1.82) is 0 Å². The second-order valence-electron chi connectivity index (χ2n) is 5.13. The van der Waals surface area contributed by atoms with E-state index >= 15 is 0 Å². The Labute approximate surface area is 126 Å². The minimum atomic E-state index is 0. The standard InChI is InChI=1S/C14H17.2CH3.Zr/c1-10-7-11-5-6-13(14(2,3)4)9-12(11)8-10;;;/h5-9H,1-4H3;2*1H3;/q3*-1;+3. The molecule has 0 aliphatic heterocycles. The number of rotatable bonds is 0. The second-order valence-corrected chi connectivity index (χ2v) is 5.13. The normalized spacial score (nSPS) is 10.1. The molecule has 0 aliphatic rings. The number of fused-ring (bicyclic) bond motifs is 1. The van der Waals surface area contributed by atoms with Crippen molar-refractivity contribution in [3.63, 3.8) is 0 Å². The van der Waals surface area contributed by atoms with Crippen molar-refractivity contribution in [2.24, 2.45) is 0 Å². The molecule has 0 unspecified atom stereocenters. The van der Waals surface area contributed by atoms with Crippen molar-refractivity contribution in [2.75, 3.05) is 0 Å². The summed E-state index contributed by atoms with van der Waals surface area (Å²) in [6.45, 7) is 8.91. The van der Waals surface area contributed by atoms with E-state index in [1.54, 1.807) is 0 Å². The molecule has 1 radical (unpaired) electrons. The topological polar surface area (TPSA) is 0 Å². The van der Waals surface area contributed by atoms with Gasteiger partial charge in [0.25, 0.3) is 0 Å². The summed E-state index contributed by atoms with van der Waals surface area (Å²) in [5.74, 6) is 0. The maximum atomic E-state index is 2.31. The Kier molecular flexibility index (Phi) is 7.39. The Morgan fingerprint density at radius 1 is 1.00 bits per heavy atom. The fraction of sp³-hybridized carbons (Fsp3) is 0.312. The van der Waals surface area contributed by atoms with Gasteiger partial charge in [-0.25, -0.2) is 0 Å². The van der Waals surface area contributed by atoms with Gasteiger partial charge in [0, 0.05) is 0 Å². The average molecular weight is 307 g/mol. The first-order valence-electron chi connectivity index (χ1n) is 5.14. The summed E-state index contributed by atoms with van der Waals surface area (Å²) in [4.78, 5) is 0. The monoisotopic (exact) mass is 305 g/mol. The first kappa shape index (κ1) is 19.1. The van der Waals surface area contributed by atoms with Crippen LogP contribution in [0.3, 0.4) is 0 Å². The molecular formula is C16H23Zr. The zero-order valence-electron chi connectivity index (χ0n) is 11.9. The molecule has 0 spiro atoms. The number of benzene rings is 1. The van der Waals surface area contributed by atoms with Gasteiger partial charge in [0.2, 0.25) is 0 Å². The van der Waals surface area contributed by atoms with Crippen LogP contribution in [0, 0.1) is 21.8 Å². The van der Waals surface area contributed by atoms with Gasteiger partial charge in [-0.3, -0.25) is 0 Å². The molecule has 91 valence electrons. The van der Waals surface area contributed by atoms with E-state index in [9.17, 15) is 0 Å². The molecule has 0 amide bonds. The molecule has 0 N–H and O–H groups in total. The van der Waals surface area contributed by atoms with Crippen molar-refractivity contribution < 1.29 is 26.2 Å². The SMILES string of the molecule is Cc1cc2cc(C(C)(C)C)ccc2[cH-]1.[CH3-].[CH3-].[Zr+3]. The van der Waals surface area contributed by atoms with Gasteiger partial charge in [-0.2, -0.15) is 6.07 Å². The molecule has 0 atom stereocenters. The number of hydrogen-bond acceptors (Lipinski definition) is 0. The van der Waals surface area contributed by atoms with Crippen LogP contribution in [0.1, 0.15) is 31.9 Å². The molecule has 2 aromatic rings. The zero-order valence-corrected chi connectivity index (χ0v) is 14.3. The van der Waals surface area contributed by atoms with Crippen LogP contribution in [0.5, 0.6) is 0 Å². The summed E-state index contributed by atoms with van der Waals surface area (Å²) in [7, 11) is 0. The summed E-state index contributed by atoms with van der Waals surface area (Å²) in [6, 6.07) is 11.3. The Morgan fingerprint density at radius 3 is 2.12 bits per heavy atom.